The predicted octanol–water partition coefficient (Wildman–Crippen LogP) is 2.93. The van der Waals surface area contributed by atoms with E-state index in [1.54, 1.807) is 12.1 Å². The van der Waals surface area contributed by atoms with Crippen molar-refractivity contribution >= 4 is 28.9 Å². The van der Waals surface area contributed by atoms with Gasteiger partial charge in [0.2, 0.25) is 0 Å². The number of hydrogen-bond donors (Lipinski definition) is 1. The molecule has 1 aliphatic rings. The number of ether oxygens (including phenoxy) is 2. The Bertz CT molecular complexity index is 655. The molecule has 1 aromatic carbocycles. The fraction of sp³-hybridized carbons (Fsp3) is 0.167. The maximum atomic E-state index is 10.8. The second kappa shape index (κ2) is 4.71. The Morgan fingerprint density at radius 3 is 2.89 bits per heavy atom. The van der Waals surface area contributed by atoms with E-state index in [0.717, 1.165) is 0 Å². The molecule has 5 nitrogen and oxygen atoms in total. The smallest absolute Gasteiger partial charge is 0.355 e. The molecule has 0 atom stereocenters. The lowest BCUT2D eigenvalue weighted by Crippen LogP contribution is -2.15. The van der Waals surface area contributed by atoms with Crippen LogP contribution in [0.25, 0.3) is 10.6 Å². The third-order valence-electron chi connectivity index (χ3n) is 2.57. The van der Waals surface area contributed by atoms with Gasteiger partial charge < -0.3 is 14.6 Å². The van der Waals surface area contributed by atoms with Gasteiger partial charge in [-0.2, -0.15) is 0 Å². The quantitative estimate of drug-likeness (QED) is 0.923. The van der Waals surface area contributed by atoms with Gasteiger partial charge in [-0.1, -0.05) is 11.6 Å². The van der Waals surface area contributed by atoms with E-state index in [0.29, 0.717) is 40.3 Å². The zero-order chi connectivity index (χ0) is 13.4. The number of hydrogen-bond acceptors (Lipinski definition) is 5. The summed E-state index contributed by atoms with van der Waals surface area (Å²) in [4.78, 5) is 14.9. The molecule has 1 aromatic heterocycles. The summed E-state index contributed by atoms with van der Waals surface area (Å²) in [5.41, 5.74) is 0.734. The van der Waals surface area contributed by atoms with Crippen LogP contribution >= 0.6 is 22.9 Å². The summed E-state index contributed by atoms with van der Waals surface area (Å²) in [7, 11) is 0. The predicted molar refractivity (Wildman–Crippen MR) is 70.5 cm³/mol. The Labute approximate surface area is 117 Å². The fourth-order valence-corrected chi connectivity index (χ4v) is 2.79. The van der Waals surface area contributed by atoms with Crippen LogP contribution in [0.1, 0.15) is 10.5 Å². The molecule has 0 radical (unpaired) electrons. The number of rotatable bonds is 2. The van der Waals surface area contributed by atoms with Crippen molar-refractivity contribution in [3.05, 3.63) is 28.2 Å². The summed E-state index contributed by atoms with van der Waals surface area (Å²) < 4.78 is 10.9. The normalized spacial score (nSPS) is 13.3. The first kappa shape index (κ1) is 12.3. The van der Waals surface area contributed by atoms with Crippen LogP contribution in [0.5, 0.6) is 11.5 Å². The van der Waals surface area contributed by atoms with Gasteiger partial charge in [-0.05, 0) is 12.1 Å². The molecule has 0 bridgehead atoms. The highest BCUT2D eigenvalue weighted by Gasteiger charge is 2.19. The number of carbonyl (C=O) groups is 1. The number of aromatic nitrogens is 1. The van der Waals surface area contributed by atoms with Crippen LogP contribution < -0.4 is 9.47 Å². The zero-order valence-electron chi connectivity index (χ0n) is 9.55. The third kappa shape index (κ3) is 2.24. The number of halogens is 1. The lowest BCUT2D eigenvalue weighted by Gasteiger charge is -2.19. The number of fused-ring (bicyclic) bond motifs is 1. The highest BCUT2D eigenvalue weighted by Crippen LogP contribution is 2.41. The SMILES string of the molecule is O=C(O)c1csc(-c2cc(Cl)c3c(c2)OCCO3)n1. The first-order chi connectivity index (χ1) is 9.15. The lowest BCUT2D eigenvalue weighted by molar-refractivity contribution is 0.0691. The number of aromatic carboxylic acids is 1. The van der Waals surface area contributed by atoms with Crippen molar-refractivity contribution in [1.29, 1.82) is 0 Å². The van der Waals surface area contributed by atoms with Crippen LogP contribution in [-0.4, -0.2) is 29.3 Å². The van der Waals surface area contributed by atoms with Gasteiger partial charge in [-0.3, -0.25) is 0 Å². The third-order valence-corrected chi connectivity index (χ3v) is 3.74. The highest BCUT2D eigenvalue weighted by atomic mass is 35.5. The maximum Gasteiger partial charge on any atom is 0.355 e. The minimum atomic E-state index is -1.05. The van der Waals surface area contributed by atoms with E-state index in [2.05, 4.69) is 4.98 Å². The van der Waals surface area contributed by atoms with Crippen LogP contribution in [0.3, 0.4) is 0 Å². The number of carboxylic acid groups (broad SMARTS) is 1. The molecule has 19 heavy (non-hydrogen) atoms. The van der Waals surface area contributed by atoms with Crippen LogP contribution in [0.2, 0.25) is 5.02 Å². The molecule has 1 N–H and O–H groups in total. The van der Waals surface area contributed by atoms with Gasteiger partial charge in [-0.25, -0.2) is 9.78 Å². The van der Waals surface area contributed by atoms with Crippen LogP contribution in [0, 0.1) is 0 Å². The fourth-order valence-electron chi connectivity index (χ4n) is 1.74. The van der Waals surface area contributed by atoms with E-state index in [1.165, 1.54) is 16.7 Å². The summed E-state index contributed by atoms with van der Waals surface area (Å²) in [5, 5.41) is 11.4. The Hall–Kier alpha value is -1.79. The zero-order valence-corrected chi connectivity index (χ0v) is 11.1. The molecule has 0 saturated heterocycles. The van der Waals surface area contributed by atoms with Crippen molar-refractivity contribution in [3.63, 3.8) is 0 Å². The summed E-state index contributed by atoms with van der Waals surface area (Å²) >= 11 is 7.37. The average Bonchev–Trinajstić information content (AvgIpc) is 2.88. The number of thiazole rings is 1. The van der Waals surface area contributed by atoms with Crippen LogP contribution in [0.4, 0.5) is 0 Å². The highest BCUT2D eigenvalue weighted by molar-refractivity contribution is 7.13. The number of nitrogens with zero attached hydrogens (tertiary/aromatic N) is 1. The van der Waals surface area contributed by atoms with Crippen molar-refractivity contribution in [2.45, 2.75) is 0 Å². The largest absolute Gasteiger partial charge is 0.486 e. The molecule has 1 aliphatic heterocycles. The van der Waals surface area contributed by atoms with Gasteiger partial charge >= 0.3 is 5.97 Å². The van der Waals surface area contributed by atoms with Gasteiger partial charge in [0.1, 0.15) is 18.2 Å². The number of benzene rings is 1. The van der Waals surface area contributed by atoms with E-state index < -0.39 is 5.97 Å². The molecule has 2 aromatic rings. The van der Waals surface area contributed by atoms with Gasteiger partial charge in [0.15, 0.2) is 17.2 Å². The number of carboxylic acids is 1. The second-order valence-electron chi connectivity index (χ2n) is 3.83. The van der Waals surface area contributed by atoms with E-state index in [9.17, 15) is 4.79 Å². The lowest BCUT2D eigenvalue weighted by atomic mass is 10.2. The van der Waals surface area contributed by atoms with Crippen molar-refractivity contribution in [3.8, 4) is 22.1 Å². The summed E-state index contributed by atoms with van der Waals surface area (Å²) in [6, 6.07) is 3.45. The topological polar surface area (TPSA) is 68.7 Å². The standard InChI is InChI=1S/C12H8ClNO4S/c13-7-3-6(4-9-10(7)18-2-1-17-9)11-14-8(5-19-11)12(15)16/h3-5H,1-2H2,(H,15,16). The first-order valence-corrected chi connectivity index (χ1v) is 6.69. The van der Waals surface area contributed by atoms with E-state index in [-0.39, 0.29) is 5.69 Å². The Morgan fingerprint density at radius 2 is 2.16 bits per heavy atom. The Balaban J connectivity index is 2.05. The maximum absolute atomic E-state index is 10.8. The van der Waals surface area contributed by atoms with Gasteiger partial charge in [0.05, 0.1) is 5.02 Å². The van der Waals surface area contributed by atoms with E-state index >= 15 is 0 Å². The van der Waals surface area contributed by atoms with Crippen molar-refractivity contribution in [1.82, 2.24) is 4.98 Å². The monoisotopic (exact) mass is 297 g/mol. The molecule has 0 fully saturated rings. The second-order valence-corrected chi connectivity index (χ2v) is 5.09. The molecule has 0 spiro atoms. The van der Waals surface area contributed by atoms with Crippen LogP contribution in [-0.2, 0) is 0 Å². The summed E-state index contributed by atoms with van der Waals surface area (Å²) in [6.07, 6.45) is 0. The molecule has 2 heterocycles. The molecule has 0 unspecified atom stereocenters. The molecular formula is C12H8ClNO4S. The molecular weight excluding hydrogens is 290 g/mol. The van der Waals surface area contributed by atoms with Gasteiger partial charge in [-0.15, -0.1) is 11.3 Å². The summed E-state index contributed by atoms with van der Waals surface area (Å²) in [6.45, 7) is 0.928. The van der Waals surface area contributed by atoms with Crippen molar-refractivity contribution in [2.24, 2.45) is 0 Å². The summed E-state index contributed by atoms with van der Waals surface area (Å²) in [5.74, 6) is 0.0265. The molecule has 0 amide bonds. The molecule has 0 aliphatic carbocycles. The molecule has 3 rings (SSSR count). The first-order valence-electron chi connectivity index (χ1n) is 5.43. The molecule has 7 heteroatoms. The van der Waals surface area contributed by atoms with E-state index in [1.807, 2.05) is 0 Å². The Kier molecular flexibility index (Phi) is 3.04. The molecule has 98 valence electrons. The average molecular weight is 298 g/mol. The minimum absolute atomic E-state index is 0.0195. The van der Waals surface area contributed by atoms with Gasteiger partial charge in [0, 0.05) is 10.9 Å². The molecule has 0 saturated carbocycles. The van der Waals surface area contributed by atoms with E-state index in [4.69, 9.17) is 26.2 Å². The van der Waals surface area contributed by atoms with Crippen LogP contribution in [0.15, 0.2) is 17.5 Å². The van der Waals surface area contributed by atoms with Crippen molar-refractivity contribution < 1.29 is 19.4 Å². The Morgan fingerprint density at radius 1 is 1.37 bits per heavy atom. The minimum Gasteiger partial charge on any atom is -0.486 e. The van der Waals surface area contributed by atoms with Crippen molar-refractivity contribution in [2.75, 3.05) is 13.2 Å². The van der Waals surface area contributed by atoms with Gasteiger partial charge in [0.25, 0.3) is 0 Å².